The summed E-state index contributed by atoms with van der Waals surface area (Å²) >= 11 is 0. The molecule has 0 amide bonds. The minimum absolute atomic E-state index is 0.335. The summed E-state index contributed by atoms with van der Waals surface area (Å²) in [4.78, 5) is 0. The number of fused-ring (bicyclic) bond motifs is 1. The summed E-state index contributed by atoms with van der Waals surface area (Å²) in [6.45, 7) is 2.13. The van der Waals surface area contributed by atoms with Gasteiger partial charge in [-0.25, -0.2) is 0 Å². The van der Waals surface area contributed by atoms with Crippen LogP contribution in [0, 0.1) is 6.92 Å². The third-order valence-electron chi connectivity index (χ3n) is 3.15. The summed E-state index contributed by atoms with van der Waals surface area (Å²) in [5.74, 6) is 0. The summed E-state index contributed by atoms with van der Waals surface area (Å²) < 4.78 is 4.88. The highest BCUT2D eigenvalue weighted by molar-refractivity contribution is 5.55. The smallest absolute Gasteiger partial charge is 0.129 e. The van der Waals surface area contributed by atoms with Crippen LogP contribution in [0.4, 0.5) is 5.69 Å². The van der Waals surface area contributed by atoms with Crippen molar-refractivity contribution >= 4 is 5.69 Å². The maximum absolute atomic E-state index is 4.88. The van der Waals surface area contributed by atoms with Crippen LogP contribution in [-0.2, 0) is 6.42 Å². The normalized spacial score (nSPS) is 18.9. The van der Waals surface area contributed by atoms with Gasteiger partial charge >= 0.3 is 0 Å². The van der Waals surface area contributed by atoms with Gasteiger partial charge in [-0.1, -0.05) is 22.9 Å². The fourth-order valence-electron chi connectivity index (χ4n) is 2.26. The maximum Gasteiger partial charge on any atom is 0.129 e. The van der Waals surface area contributed by atoms with Gasteiger partial charge in [-0.3, -0.25) is 0 Å². The van der Waals surface area contributed by atoms with Crippen molar-refractivity contribution in [2.24, 2.45) is 0 Å². The molecule has 1 aromatic carbocycles. The van der Waals surface area contributed by atoms with E-state index in [1.807, 2.05) is 0 Å². The van der Waals surface area contributed by atoms with Gasteiger partial charge in [-0.2, -0.15) is 0 Å². The van der Waals surface area contributed by atoms with Crippen LogP contribution in [-0.4, -0.2) is 5.16 Å². The van der Waals surface area contributed by atoms with E-state index in [0.29, 0.717) is 6.04 Å². The highest BCUT2D eigenvalue weighted by atomic mass is 16.5. The van der Waals surface area contributed by atoms with Crippen molar-refractivity contribution in [2.45, 2.75) is 25.8 Å². The largest absolute Gasteiger partial charge is 0.378 e. The molecule has 0 aliphatic carbocycles. The van der Waals surface area contributed by atoms with Crippen LogP contribution < -0.4 is 5.32 Å². The Morgan fingerprint density at radius 2 is 2.38 bits per heavy atom. The molecule has 1 unspecified atom stereocenters. The zero-order valence-corrected chi connectivity index (χ0v) is 9.23. The van der Waals surface area contributed by atoms with Crippen molar-refractivity contribution in [2.75, 3.05) is 5.32 Å². The zero-order chi connectivity index (χ0) is 11.0. The minimum Gasteiger partial charge on any atom is -0.378 e. The fourth-order valence-corrected chi connectivity index (χ4v) is 2.26. The summed E-state index contributed by atoms with van der Waals surface area (Å²) in [5.41, 5.74) is 5.10. The Morgan fingerprint density at radius 3 is 3.19 bits per heavy atom. The molecule has 1 N–H and O–H groups in total. The molecule has 16 heavy (non-hydrogen) atoms. The van der Waals surface area contributed by atoms with Gasteiger partial charge in [0.2, 0.25) is 0 Å². The highest BCUT2D eigenvalue weighted by Gasteiger charge is 2.20. The van der Waals surface area contributed by atoms with Gasteiger partial charge in [0.1, 0.15) is 6.26 Å². The molecule has 3 heteroatoms. The molecule has 3 nitrogen and oxygen atoms in total. The molecule has 0 bridgehead atoms. The molecule has 1 aromatic heterocycles. The quantitative estimate of drug-likeness (QED) is 0.792. The van der Waals surface area contributed by atoms with Crippen LogP contribution in [0.5, 0.6) is 0 Å². The zero-order valence-electron chi connectivity index (χ0n) is 9.23. The number of anilines is 1. The van der Waals surface area contributed by atoms with Gasteiger partial charge in [0.25, 0.3) is 0 Å². The first-order chi connectivity index (χ1) is 7.83. The number of nitrogens with one attached hydrogen (secondary N) is 1. The summed E-state index contributed by atoms with van der Waals surface area (Å²) in [6, 6.07) is 6.89. The van der Waals surface area contributed by atoms with Gasteiger partial charge < -0.3 is 9.84 Å². The van der Waals surface area contributed by atoms with Crippen molar-refractivity contribution in [3.8, 4) is 0 Å². The van der Waals surface area contributed by atoms with Crippen LogP contribution in [0.3, 0.4) is 0 Å². The van der Waals surface area contributed by atoms with Crippen molar-refractivity contribution < 1.29 is 4.52 Å². The third kappa shape index (κ3) is 1.58. The summed E-state index contributed by atoms with van der Waals surface area (Å²) in [7, 11) is 0. The van der Waals surface area contributed by atoms with E-state index in [1.165, 1.54) is 16.8 Å². The van der Waals surface area contributed by atoms with Gasteiger partial charge in [-0.05, 0) is 31.4 Å². The molecular formula is C13H14N2O. The number of aryl methyl sites for hydroxylation is 2. The lowest BCUT2D eigenvalue weighted by atomic mass is 9.94. The second kappa shape index (κ2) is 3.67. The number of nitrogens with zero attached hydrogens (tertiary/aromatic N) is 1. The third-order valence-corrected chi connectivity index (χ3v) is 3.15. The van der Waals surface area contributed by atoms with Gasteiger partial charge in [0.15, 0.2) is 0 Å². The van der Waals surface area contributed by atoms with Gasteiger partial charge in [0, 0.05) is 11.3 Å². The van der Waals surface area contributed by atoms with Crippen molar-refractivity contribution in [3.63, 3.8) is 0 Å². The Kier molecular flexibility index (Phi) is 2.17. The predicted molar refractivity (Wildman–Crippen MR) is 62.4 cm³/mol. The molecule has 0 saturated carbocycles. The average Bonchev–Trinajstić information content (AvgIpc) is 2.82. The Bertz CT molecular complexity index is 491. The van der Waals surface area contributed by atoms with Gasteiger partial charge in [-0.15, -0.1) is 0 Å². The summed E-state index contributed by atoms with van der Waals surface area (Å²) in [5, 5.41) is 7.28. The first kappa shape index (κ1) is 9.46. The molecule has 0 spiro atoms. The number of hydrogen-bond donors (Lipinski definition) is 1. The Labute approximate surface area is 94.5 Å². The van der Waals surface area contributed by atoms with Gasteiger partial charge in [0.05, 0.1) is 12.2 Å². The monoisotopic (exact) mass is 214 g/mol. The fraction of sp³-hybridized carbons (Fsp3) is 0.308. The molecule has 1 atom stereocenters. The molecule has 1 aliphatic heterocycles. The molecule has 1 aliphatic rings. The number of benzene rings is 1. The van der Waals surface area contributed by atoms with E-state index in [4.69, 9.17) is 4.52 Å². The number of aromatic nitrogens is 1. The number of rotatable bonds is 1. The molecular weight excluding hydrogens is 200 g/mol. The molecule has 0 fully saturated rings. The maximum atomic E-state index is 4.88. The molecule has 0 saturated heterocycles. The van der Waals surface area contributed by atoms with E-state index in [0.717, 1.165) is 18.4 Å². The second-order valence-electron chi connectivity index (χ2n) is 4.35. The van der Waals surface area contributed by atoms with E-state index in [-0.39, 0.29) is 0 Å². The van der Waals surface area contributed by atoms with E-state index < -0.39 is 0 Å². The Balaban J connectivity index is 1.89. The SMILES string of the molecule is Cc1ccc2c(c1)CCC(c1cnoc1)N2. The number of hydrogen-bond acceptors (Lipinski definition) is 3. The van der Waals surface area contributed by atoms with Crippen molar-refractivity contribution in [3.05, 3.63) is 47.3 Å². The standard InChI is InChI=1S/C13H14N2O/c1-9-2-4-12-10(6-9)3-5-13(15-12)11-7-14-16-8-11/h2,4,6-8,13,15H,3,5H2,1H3. The van der Waals surface area contributed by atoms with Crippen LogP contribution in [0.2, 0.25) is 0 Å². The van der Waals surface area contributed by atoms with Crippen molar-refractivity contribution in [1.29, 1.82) is 0 Å². The molecule has 82 valence electrons. The lowest BCUT2D eigenvalue weighted by Crippen LogP contribution is -2.17. The van der Waals surface area contributed by atoms with Crippen LogP contribution in [0.15, 0.2) is 35.2 Å². The lowest BCUT2D eigenvalue weighted by molar-refractivity contribution is 0.418. The molecule has 3 rings (SSSR count). The average molecular weight is 214 g/mol. The van der Waals surface area contributed by atoms with Crippen LogP contribution in [0.25, 0.3) is 0 Å². The Morgan fingerprint density at radius 1 is 1.44 bits per heavy atom. The Hall–Kier alpha value is -1.77. The summed E-state index contributed by atoms with van der Waals surface area (Å²) in [6.07, 6.45) is 5.71. The molecule has 2 aromatic rings. The molecule has 2 heterocycles. The van der Waals surface area contributed by atoms with Crippen LogP contribution >= 0.6 is 0 Å². The molecule has 0 radical (unpaired) electrons. The second-order valence-corrected chi connectivity index (χ2v) is 4.35. The topological polar surface area (TPSA) is 38.1 Å². The predicted octanol–water partition coefficient (Wildman–Crippen LogP) is 3.08. The minimum atomic E-state index is 0.335. The lowest BCUT2D eigenvalue weighted by Gasteiger charge is -2.26. The van der Waals surface area contributed by atoms with E-state index in [1.54, 1.807) is 12.5 Å². The highest BCUT2D eigenvalue weighted by Crippen LogP contribution is 2.32. The van der Waals surface area contributed by atoms with E-state index in [9.17, 15) is 0 Å². The van der Waals surface area contributed by atoms with Crippen molar-refractivity contribution in [1.82, 2.24) is 5.16 Å². The van der Waals surface area contributed by atoms with E-state index >= 15 is 0 Å². The first-order valence-electron chi connectivity index (χ1n) is 5.58. The van der Waals surface area contributed by atoms with E-state index in [2.05, 4.69) is 35.6 Å². The first-order valence-corrected chi connectivity index (χ1v) is 5.58. The van der Waals surface area contributed by atoms with Crippen LogP contribution in [0.1, 0.15) is 29.2 Å².